The molecule has 0 radical (unpaired) electrons. The van der Waals surface area contributed by atoms with Crippen molar-refractivity contribution >= 4 is 11.6 Å². The fourth-order valence-electron chi connectivity index (χ4n) is 2.97. The summed E-state index contributed by atoms with van der Waals surface area (Å²) in [7, 11) is 1.65. The van der Waals surface area contributed by atoms with Gasteiger partial charge in [-0.3, -0.25) is 4.99 Å². The van der Waals surface area contributed by atoms with Crippen LogP contribution in [0.25, 0.3) is 0 Å². The maximum absolute atomic E-state index is 5.92. The molecule has 1 saturated carbocycles. The largest absolute Gasteiger partial charge is 0.495 e. The summed E-state index contributed by atoms with van der Waals surface area (Å²) in [4.78, 5) is 4.39. The predicted octanol–water partition coefficient (Wildman–Crippen LogP) is 3.78. The van der Waals surface area contributed by atoms with Crippen molar-refractivity contribution in [3.63, 3.8) is 0 Å². The van der Waals surface area contributed by atoms with E-state index in [1.54, 1.807) is 7.11 Å². The van der Waals surface area contributed by atoms with Crippen LogP contribution in [0.4, 0.5) is 5.69 Å². The summed E-state index contributed by atoms with van der Waals surface area (Å²) >= 11 is 0. The van der Waals surface area contributed by atoms with Crippen LogP contribution in [0.15, 0.2) is 29.3 Å². The summed E-state index contributed by atoms with van der Waals surface area (Å²) in [5, 5.41) is 3.10. The molecule has 0 aliphatic heterocycles. The van der Waals surface area contributed by atoms with Gasteiger partial charge in [0, 0.05) is 6.54 Å². The Bertz CT molecular complexity index is 453. The third-order valence-electron chi connectivity index (χ3n) is 4.15. The Morgan fingerprint density at radius 2 is 2.05 bits per heavy atom. The first-order chi connectivity index (χ1) is 10.3. The van der Waals surface area contributed by atoms with Gasteiger partial charge in [0.25, 0.3) is 0 Å². The van der Waals surface area contributed by atoms with Crippen LogP contribution in [0.3, 0.4) is 0 Å². The number of methoxy groups -OCH3 is 1. The van der Waals surface area contributed by atoms with Gasteiger partial charge in [0.1, 0.15) is 5.75 Å². The fraction of sp³-hybridized carbons (Fsp3) is 0.588. The summed E-state index contributed by atoms with van der Waals surface area (Å²) in [5.41, 5.74) is 6.77. The minimum Gasteiger partial charge on any atom is -0.495 e. The molecule has 1 aliphatic rings. The lowest BCUT2D eigenvalue weighted by atomic mass is 10.0. The lowest BCUT2D eigenvalue weighted by Gasteiger charge is -2.10. The third kappa shape index (κ3) is 5.29. The third-order valence-corrected chi connectivity index (χ3v) is 4.15. The van der Waals surface area contributed by atoms with Crippen LogP contribution >= 0.6 is 0 Å². The van der Waals surface area contributed by atoms with Gasteiger partial charge in [-0.2, -0.15) is 0 Å². The van der Waals surface area contributed by atoms with E-state index in [4.69, 9.17) is 10.5 Å². The first-order valence-corrected chi connectivity index (χ1v) is 7.99. The van der Waals surface area contributed by atoms with Crippen molar-refractivity contribution in [2.75, 3.05) is 19.0 Å². The van der Waals surface area contributed by atoms with E-state index in [0.29, 0.717) is 5.96 Å². The maximum Gasteiger partial charge on any atom is 0.193 e. The van der Waals surface area contributed by atoms with Crippen molar-refractivity contribution < 1.29 is 4.74 Å². The zero-order valence-corrected chi connectivity index (χ0v) is 13.0. The van der Waals surface area contributed by atoms with Gasteiger partial charge < -0.3 is 15.8 Å². The van der Waals surface area contributed by atoms with Gasteiger partial charge in [-0.1, -0.05) is 50.7 Å². The Morgan fingerprint density at radius 3 is 2.81 bits per heavy atom. The molecule has 21 heavy (non-hydrogen) atoms. The molecule has 0 amide bonds. The molecule has 0 heterocycles. The molecule has 0 spiro atoms. The molecule has 0 saturated heterocycles. The molecule has 2 rings (SSSR count). The van der Waals surface area contributed by atoms with E-state index in [9.17, 15) is 0 Å². The highest BCUT2D eigenvalue weighted by atomic mass is 16.5. The second-order valence-corrected chi connectivity index (χ2v) is 5.74. The Kier molecular flexibility index (Phi) is 6.38. The van der Waals surface area contributed by atoms with Crippen molar-refractivity contribution in [3.05, 3.63) is 24.3 Å². The van der Waals surface area contributed by atoms with E-state index in [1.165, 1.54) is 38.5 Å². The molecule has 1 fully saturated rings. The van der Waals surface area contributed by atoms with Gasteiger partial charge in [-0.05, 0) is 24.5 Å². The van der Waals surface area contributed by atoms with Crippen LogP contribution in [0.1, 0.15) is 44.9 Å². The topological polar surface area (TPSA) is 59.6 Å². The number of rotatable bonds is 7. The summed E-state index contributed by atoms with van der Waals surface area (Å²) in [6.45, 7) is 0.792. The number of hydrogen-bond donors (Lipinski definition) is 2. The Labute approximate surface area is 127 Å². The van der Waals surface area contributed by atoms with Crippen LogP contribution in [0, 0.1) is 5.92 Å². The standard InChI is InChI=1S/C17H27N3O/c1-21-16-12-5-4-11-15(16)20-17(18)19-13-7-6-10-14-8-2-3-9-14/h4-5,11-12,14H,2-3,6-10,13H2,1H3,(H3,18,19,20). The van der Waals surface area contributed by atoms with Gasteiger partial charge in [0.05, 0.1) is 12.8 Å². The van der Waals surface area contributed by atoms with Crippen molar-refractivity contribution in [2.24, 2.45) is 16.6 Å². The average molecular weight is 289 g/mol. The number of hydrogen-bond acceptors (Lipinski definition) is 2. The molecule has 0 atom stereocenters. The van der Waals surface area contributed by atoms with Crippen LogP contribution in [-0.4, -0.2) is 19.6 Å². The molecule has 4 heteroatoms. The highest BCUT2D eigenvalue weighted by Gasteiger charge is 2.13. The minimum absolute atomic E-state index is 0.459. The quantitative estimate of drug-likeness (QED) is 0.456. The Hall–Kier alpha value is -1.71. The van der Waals surface area contributed by atoms with Crippen LogP contribution in [0.5, 0.6) is 5.75 Å². The summed E-state index contributed by atoms with van der Waals surface area (Å²) in [6, 6.07) is 7.71. The van der Waals surface area contributed by atoms with Gasteiger partial charge in [-0.25, -0.2) is 0 Å². The normalized spacial score (nSPS) is 16.1. The molecule has 4 nitrogen and oxygen atoms in total. The number of guanidine groups is 1. The number of nitrogens with one attached hydrogen (secondary N) is 1. The number of anilines is 1. The van der Waals surface area contributed by atoms with E-state index in [1.807, 2.05) is 24.3 Å². The highest BCUT2D eigenvalue weighted by Crippen LogP contribution is 2.28. The number of benzene rings is 1. The Balaban J connectivity index is 1.68. The SMILES string of the molecule is COc1ccccc1NC(N)=NCCCCC1CCCC1. The molecule has 3 N–H and O–H groups in total. The number of nitrogens with two attached hydrogens (primary N) is 1. The molecule has 116 valence electrons. The van der Waals surface area contributed by atoms with Gasteiger partial charge in [0.2, 0.25) is 0 Å². The lowest BCUT2D eigenvalue weighted by molar-refractivity contribution is 0.417. The summed E-state index contributed by atoms with van der Waals surface area (Å²) < 4.78 is 5.27. The number of unbranched alkanes of at least 4 members (excludes halogenated alkanes) is 1. The van der Waals surface area contributed by atoms with Gasteiger partial charge in [0.15, 0.2) is 5.96 Å². The molecule has 1 aliphatic carbocycles. The number of aliphatic imine (C=N–C) groups is 1. The molecule has 0 aromatic heterocycles. The first-order valence-electron chi connectivity index (χ1n) is 7.99. The predicted molar refractivity (Wildman–Crippen MR) is 88.9 cm³/mol. The summed E-state index contributed by atoms with van der Waals surface area (Å²) in [6.07, 6.45) is 9.45. The van der Waals surface area contributed by atoms with E-state index in [-0.39, 0.29) is 0 Å². The lowest BCUT2D eigenvalue weighted by Crippen LogP contribution is -2.23. The number of ether oxygens (including phenoxy) is 1. The number of nitrogens with zero attached hydrogens (tertiary/aromatic N) is 1. The molecule has 0 bridgehead atoms. The highest BCUT2D eigenvalue weighted by molar-refractivity contribution is 5.93. The van der Waals surface area contributed by atoms with E-state index >= 15 is 0 Å². The van der Waals surface area contributed by atoms with E-state index in [2.05, 4.69) is 10.3 Å². The van der Waals surface area contributed by atoms with Crippen LogP contribution in [-0.2, 0) is 0 Å². The van der Waals surface area contributed by atoms with Gasteiger partial charge >= 0.3 is 0 Å². The summed E-state index contributed by atoms with van der Waals surface area (Å²) in [5.74, 6) is 2.20. The maximum atomic E-state index is 5.92. The zero-order chi connectivity index (χ0) is 14.9. The minimum atomic E-state index is 0.459. The van der Waals surface area contributed by atoms with E-state index < -0.39 is 0 Å². The second-order valence-electron chi connectivity index (χ2n) is 5.74. The van der Waals surface area contributed by atoms with Crippen LogP contribution in [0.2, 0.25) is 0 Å². The van der Waals surface area contributed by atoms with E-state index in [0.717, 1.165) is 30.3 Å². The molecule has 1 aromatic rings. The fourth-order valence-corrected chi connectivity index (χ4v) is 2.97. The molecule has 0 unspecified atom stereocenters. The van der Waals surface area contributed by atoms with Crippen molar-refractivity contribution in [1.29, 1.82) is 0 Å². The number of para-hydroxylation sites is 2. The molecular weight excluding hydrogens is 262 g/mol. The average Bonchev–Trinajstić information content (AvgIpc) is 3.01. The smallest absolute Gasteiger partial charge is 0.193 e. The first kappa shape index (κ1) is 15.7. The van der Waals surface area contributed by atoms with Crippen molar-refractivity contribution in [3.8, 4) is 5.75 Å². The van der Waals surface area contributed by atoms with Crippen molar-refractivity contribution in [2.45, 2.75) is 44.9 Å². The zero-order valence-electron chi connectivity index (χ0n) is 13.0. The monoisotopic (exact) mass is 289 g/mol. The molecule has 1 aromatic carbocycles. The van der Waals surface area contributed by atoms with Crippen molar-refractivity contribution in [1.82, 2.24) is 0 Å². The van der Waals surface area contributed by atoms with Crippen LogP contribution < -0.4 is 15.8 Å². The molecular formula is C17H27N3O. The van der Waals surface area contributed by atoms with Gasteiger partial charge in [-0.15, -0.1) is 0 Å². The Morgan fingerprint density at radius 1 is 1.29 bits per heavy atom. The second kappa shape index (κ2) is 8.55.